The lowest BCUT2D eigenvalue weighted by atomic mass is 10.0. The molecule has 4 rings (SSSR count). The summed E-state index contributed by atoms with van der Waals surface area (Å²) in [6.07, 6.45) is 1.65. The van der Waals surface area contributed by atoms with Gasteiger partial charge in [0.15, 0.2) is 5.76 Å². The van der Waals surface area contributed by atoms with Gasteiger partial charge in [0.05, 0.1) is 22.7 Å². The van der Waals surface area contributed by atoms with Crippen molar-refractivity contribution in [2.75, 3.05) is 0 Å². The van der Waals surface area contributed by atoms with Gasteiger partial charge in [-0.2, -0.15) is 0 Å². The number of hydrogen-bond acceptors (Lipinski definition) is 6. The van der Waals surface area contributed by atoms with Crippen LogP contribution >= 0.6 is 22.7 Å². The summed E-state index contributed by atoms with van der Waals surface area (Å²) in [6.45, 7) is 0.216. The first-order chi connectivity index (χ1) is 12.7. The van der Waals surface area contributed by atoms with E-state index < -0.39 is 17.7 Å². The number of ketones is 1. The number of aliphatic hydroxyl groups excluding tert-OH is 1. The second-order valence-corrected chi connectivity index (χ2v) is 7.67. The van der Waals surface area contributed by atoms with Gasteiger partial charge in [0.25, 0.3) is 5.91 Å². The monoisotopic (exact) mass is 382 g/mol. The van der Waals surface area contributed by atoms with Crippen molar-refractivity contribution in [3.05, 3.63) is 86.2 Å². The number of aromatic nitrogens is 1. The van der Waals surface area contributed by atoms with E-state index in [9.17, 15) is 14.7 Å². The molecule has 26 heavy (non-hydrogen) atoms. The summed E-state index contributed by atoms with van der Waals surface area (Å²) >= 11 is 2.74. The molecule has 3 aromatic rings. The zero-order chi connectivity index (χ0) is 18.1. The highest BCUT2D eigenvalue weighted by Crippen LogP contribution is 2.41. The molecule has 0 saturated heterocycles. The number of carbonyl (C=O) groups is 2. The van der Waals surface area contributed by atoms with Crippen LogP contribution in [0.3, 0.4) is 0 Å². The van der Waals surface area contributed by atoms with Gasteiger partial charge in [-0.25, -0.2) is 0 Å². The molecule has 3 aromatic heterocycles. The minimum absolute atomic E-state index is 0.135. The van der Waals surface area contributed by atoms with Crippen LogP contribution in [0.2, 0.25) is 0 Å². The summed E-state index contributed by atoms with van der Waals surface area (Å²) in [5.74, 6) is -1.33. The lowest BCUT2D eigenvalue weighted by Crippen LogP contribution is -2.30. The molecule has 1 aliphatic rings. The van der Waals surface area contributed by atoms with Crippen LogP contribution in [-0.2, 0) is 11.3 Å². The number of thiophene rings is 2. The van der Waals surface area contributed by atoms with Crippen LogP contribution in [0.25, 0.3) is 0 Å². The van der Waals surface area contributed by atoms with E-state index in [2.05, 4.69) is 4.98 Å². The van der Waals surface area contributed by atoms with Crippen molar-refractivity contribution in [1.29, 1.82) is 0 Å². The predicted molar refractivity (Wildman–Crippen MR) is 100 cm³/mol. The molecule has 0 radical (unpaired) electrons. The van der Waals surface area contributed by atoms with Crippen molar-refractivity contribution in [1.82, 2.24) is 9.88 Å². The summed E-state index contributed by atoms with van der Waals surface area (Å²) in [4.78, 5) is 32.8. The SMILES string of the molecule is O=C(C1=C(O)C(=O)N(Cc2ccccn2)C1c1cccs1)c1cccs1. The van der Waals surface area contributed by atoms with Gasteiger partial charge >= 0.3 is 0 Å². The van der Waals surface area contributed by atoms with E-state index in [-0.39, 0.29) is 17.9 Å². The summed E-state index contributed by atoms with van der Waals surface area (Å²) in [6, 6.07) is 12.1. The minimum Gasteiger partial charge on any atom is -0.503 e. The van der Waals surface area contributed by atoms with Crippen molar-refractivity contribution in [3.63, 3.8) is 0 Å². The Morgan fingerprint density at radius 2 is 1.92 bits per heavy atom. The first kappa shape index (κ1) is 16.7. The van der Waals surface area contributed by atoms with Gasteiger partial charge in [-0.3, -0.25) is 14.6 Å². The quantitative estimate of drug-likeness (QED) is 0.678. The molecule has 0 saturated carbocycles. The number of hydrogen-bond donors (Lipinski definition) is 1. The Labute approximate surface area is 157 Å². The van der Waals surface area contributed by atoms with Crippen LogP contribution in [0.15, 0.2) is 70.8 Å². The van der Waals surface area contributed by atoms with Gasteiger partial charge in [0.1, 0.15) is 6.04 Å². The third kappa shape index (κ3) is 2.85. The van der Waals surface area contributed by atoms with Crippen LogP contribution < -0.4 is 0 Å². The van der Waals surface area contributed by atoms with E-state index in [4.69, 9.17) is 0 Å². The zero-order valence-electron chi connectivity index (χ0n) is 13.5. The van der Waals surface area contributed by atoms with Gasteiger partial charge in [0.2, 0.25) is 5.78 Å². The van der Waals surface area contributed by atoms with E-state index >= 15 is 0 Å². The van der Waals surface area contributed by atoms with Gasteiger partial charge in [0, 0.05) is 11.1 Å². The summed E-state index contributed by atoms with van der Waals surface area (Å²) in [5, 5.41) is 14.2. The van der Waals surface area contributed by atoms with E-state index in [0.29, 0.717) is 10.6 Å². The van der Waals surface area contributed by atoms with Gasteiger partial charge in [-0.15, -0.1) is 22.7 Å². The number of aliphatic hydroxyl groups is 1. The Bertz CT molecular complexity index is 964. The molecule has 1 N–H and O–H groups in total. The summed E-state index contributed by atoms with van der Waals surface area (Å²) < 4.78 is 0. The third-order valence-electron chi connectivity index (χ3n) is 4.16. The standard InChI is InChI=1S/C19H14N2O3S2/c22-17(14-7-4-10-26-14)15-16(13-6-3-9-25-13)21(19(24)18(15)23)11-12-5-1-2-8-20-12/h1-10,16,23H,11H2. The molecule has 0 aromatic carbocycles. The average Bonchev–Trinajstić information content (AvgIpc) is 3.40. The second-order valence-electron chi connectivity index (χ2n) is 5.74. The largest absolute Gasteiger partial charge is 0.503 e. The molecule has 0 spiro atoms. The van der Waals surface area contributed by atoms with Gasteiger partial charge in [-0.1, -0.05) is 18.2 Å². The van der Waals surface area contributed by atoms with Crippen molar-refractivity contribution in [3.8, 4) is 0 Å². The minimum atomic E-state index is -0.612. The highest BCUT2D eigenvalue weighted by molar-refractivity contribution is 7.12. The van der Waals surface area contributed by atoms with E-state index in [1.54, 1.807) is 29.8 Å². The number of rotatable bonds is 5. The molecule has 130 valence electrons. The fraction of sp³-hybridized carbons (Fsp3) is 0.105. The van der Waals surface area contributed by atoms with Crippen molar-refractivity contribution in [2.24, 2.45) is 0 Å². The lowest BCUT2D eigenvalue weighted by Gasteiger charge is -2.25. The van der Waals surface area contributed by atoms with Crippen LogP contribution in [0.4, 0.5) is 0 Å². The Morgan fingerprint density at radius 3 is 2.58 bits per heavy atom. The molecule has 1 atom stereocenters. The van der Waals surface area contributed by atoms with Crippen LogP contribution in [0, 0.1) is 0 Å². The smallest absolute Gasteiger partial charge is 0.290 e. The molecule has 0 bridgehead atoms. The molecule has 1 unspecified atom stereocenters. The first-order valence-corrected chi connectivity index (χ1v) is 9.68. The molecule has 5 nitrogen and oxygen atoms in total. The van der Waals surface area contributed by atoms with Gasteiger partial charge in [-0.05, 0) is 35.0 Å². The van der Waals surface area contributed by atoms with Gasteiger partial charge < -0.3 is 10.0 Å². The van der Waals surface area contributed by atoms with E-state index in [1.807, 2.05) is 29.6 Å². The normalized spacial score (nSPS) is 17.2. The van der Waals surface area contributed by atoms with Crippen molar-refractivity contribution in [2.45, 2.75) is 12.6 Å². The Kier molecular flexibility index (Phi) is 4.40. The summed E-state index contributed by atoms with van der Waals surface area (Å²) in [5.41, 5.74) is 0.829. The fourth-order valence-corrected chi connectivity index (χ4v) is 4.52. The molecule has 1 aliphatic heterocycles. The number of nitrogens with zero attached hydrogens (tertiary/aromatic N) is 2. The number of carbonyl (C=O) groups excluding carboxylic acids is 2. The molecular weight excluding hydrogens is 368 g/mol. The molecule has 7 heteroatoms. The van der Waals surface area contributed by atoms with E-state index in [0.717, 1.165) is 4.88 Å². The molecule has 0 aliphatic carbocycles. The van der Waals surface area contributed by atoms with Crippen LogP contribution in [0.5, 0.6) is 0 Å². The number of Topliss-reactive ketones (excluding diaryl/α,β-unsaturated/α-hetero) is 1. The molecule has 1 amide bonds. The third-order valence-corrected chi connectivity index (χ3v) is 5.96. The van der Waals surface area contributed by atoms with Crippen LogP contribution in [0.1, 0.15) is 26.3 Å². The maximum absolute atomic E-state index is 13.0. The Morgan fingerprint density at radius 1 is 1.12 bits per heavy atom. The fourth-order valence-electron chi connectivity index (χ4n) is 3.00. The molecule has 0 fully saturated rings. The summed E-state index contributed by atoms with van der Waals surface area (Å²) in [7, 11) is 0. The first-order valence-electron chi connectivity index (χ1n) is 7.92. The second kappa shape index (κ2) is 6.86. The lowest BCUT2D eigenvalue weighted by molar-refractivity contribution is -0.130. The number of amides is 1. The van der Waals surface area contributed by atoms with E-state index in [1.165, 1.54) is 27.6 Å². The topological polar surface area (TPSA) is 70.5 Å². The number of pyridine rings is 1. The highest BCUT2D eigenvalue weighted by atomic mass is 32.1. The maximum atomic E-state index is 13.0. The average molecular weight is 382 g/mol. The zero-order valence-corrected chi connectivity index (χ0v) is 15.2. The molecule has 4 heterocycles. The van der Waals surface area contributed by atoms with Crippen LogP contribution in [-0.4, -0.2) is 26.7 Å². The van der Waals surface area contributed by atoms with Crippen molar-refractivity contribution < 1.29 is 14.7 Å². The van der Waals surface area contributed by atoms with Crippen molar-refractivity contribution >= 4 is 34.4 Å². The predicted octanol–water partition coefficient (Wildman–Crippen LogP) is 3.98. The highest BCUT2D eigenvalue weighted by Gasteiger charge is 2.44. The molecular formula is C19H14N2O3S2. The Balaban J connectivity index is 1.77. The maximum Gasteiger partial charge on any atom is 0.290 e. The Hall–Kier alpha value is -2.77.